The van der Waals surface area contributed by atoms with Gasteiger partial charge in [-0.25, -0.2) is 4.98 Å². The van der Waals surface area contributed by atoms with Gasteiger partial charge in [0.25, 0.3) is 5.56 Å². The van der Waals surface area contributed by atoms with Crippen molar-refractivity contribution in [1.29, 1.82) is 0 Å². The van der Waals surface area contributed by atoms with Crippen molar-refractivity contribution in [2.24, 2.45) is 0 Å². The van der Waals surface area contributed by atoms with Gasteiger partial charge < -0.3 is 10.1 Å². The summed E-state index contributed by atoms with van der Waals surface area (Å²) in [5, 5.41) is 3.13. The number of hydrogen-bond donors (Lipinski definition) is 2. The Morgan fingerprint density at radius 2 is 1.85 bits per heavy atom. The molecule has 6 heteroatoms. The fourth-order valence-electron chi connectivity index (χ4n) is 2.37. The highest BCUT2D eigenvalue weighted by Crippen LogP contribution is 2.23. The minimum absolute atomic E-state index is 0.173. The maximum absolute atomic E-state index is 11.9. The number of thioether (sulfide) groups is 1. The summed E-state index contributed by atoms with van der Waals surface area (Å²) < 4.78 is 5.43. The summed E-state index contributed by atoms with van der Waals surface area (Å²) in [5.74, 6) is 1.87. The van der Waals surface area contributed by atoms with E-state index in [1.807, 2.05) is 31.2 Å². The van der Waals surface area contributed by atoms with Crippen LogP contribution in [0.25, 0.3) is 0 Å². The van der Waals surface area contributed by atoms with Crippen LogP contribution < -0.4 is 15.6 Å². The molecular weight excluding hydrogens is 346 g/mol. The third-order valence-corrected chi connectivity index (χ3v) is 4.68. The van der Waals surface area contributed by atoms with E-state index in [4.69, 9.17) is 4.74 Å². The first-order valence-corrected chi connectivity index (χ1v) is 9.40. The second kappa shape index (κ2) is 8.58. The molecule has 0 aliphatic rings. The van der Waals surface area contributed by atoms with Gasteiger partial charge in [0.15, 0.2) is 0 Å². The first kappa shape index (κ1) is 18.1. The Kier molecular flexibility index (Phi) is 5.96. The van der Waals surface area contributed by atoms with Gasteiger partial charge in [-0.15, -0.1) is 11.8 Å². The van der Waals surface area contributed by atoms with E-state index in [-0.39, 0.29) is 5.56 Å². The Morgan fingerprint density at radius 3 is 2.54 bits per heavy atom. The van der Waals surface area contributed by atoms with Crippen molar-refractivity contribution >= 4 is 23.4 Å². The molecule has 1 heterocycles. The van der Waals surface area contributed by atoms with Crippen molar-refractivity contribution in [2.45, 2.75) is 24.5 Å². The second-order valence-electron chi connectivity index (χ2n) is 5.77. The fourth-order valence-corrected chi connectivity index (χ4v) is 3.16. The van der Waals surface area contributed by atoms with E-state index in [9.17, 15) is 4.79 Å². The van der Waals surface area contributed by atoms with Crippen LogP contribution in [0.3, 0.4) is 0 Å². The Hall–Kier alpha value is -2.73. The van der Waals surface area contributed by atoms with Gasteiger partial charge in [0.2, 0.25) is 5.95 Å². The predicted octanol–water partition coefficient (Wildman–Crippen LogP) is 4.51. The molecule has 0 saturated carbocycles. The van der Waals surface area contributed by atoms with Gasteiger partial charge in [-0.2, -0.15) is 0 Å². The molecule has 2 aromatic carbocycles. The van der Waals surface area contributed by atoms with Crippen LogP contribution in [0.1, 0.15) is 18.2 Å². The lowest BCUT2D eigenvalue weighted by Crippen LogP contribution is -2.11. The van der Waals surface area contributed by atoms with Gasteiger partial charge in [0.05, 0.1) is 12.3 Å². The van der Waals surface area contributed by atoms with E-state index >= 15 is 0 Å². The average molecular weight is 367 g/mol. The van der Waals surface area contributed by atoms with Gasteiger partial charge in [-0.1, -0.05) is 17.7 Å². The minimum atomic E-state index is -0.173. The maximum Gasteiger partial charge on any atom is 0.252 e. The molecule has 0 aliphatic carbocycles. The standard InChI is InChI=1S/C20H21N3O2S/c1-3-25-17-8-6-15(7-9-17)21-20-22-16(12-19(24)23-20)13-26-18-10-4-14(2)5-11-18/h4-12H,3,13H2,1-2H3,(H2,21,22,23,24). The number of ether oxygens (including phenoxy) is 1. The van der Waals surface area contributed by atoms with Crippen LogP contribution in [0.15, 0.2) is 64.3 Å². The van der Waals surface area contributed by atoms with Crippen molar-refractivity contribution in [1.82, 2.24) is 9.97 Å². The normalized spacial score (nSPS) is 10.5. The molecule has 0 aliphatic heterocycles. The molecule has 0 bridgehead atoms. The van der Waals surface area contributed by atoms with Crippen LogP contribution in [0.2, 0.25) is 0 Å². The molecule has 5 nitrogen and oxygen atoms in total. The number of anilines is 2. The zero-order valence-electron chi connectivity index (χ0n) is 14.8. The van der Waals surface area contributed by atoms with E-state index < -0.39 is 0 Å². The minimum Gasteiger partial charge on any atom is -0.494 e. The summed E-state index contributed by atoms with van der Waals surface area (Å²) in [6, 6.07) is 17.4. The molecule has 3 aromatic rings. The molecule has 0 amide bonds. The van der Waals surface area contributed by atoms with E-state index in [1.54, 1.807) is 11.8 Å². The molecule has 1 aromatic heterocycles. The number of aromatic amines is 1. The highest BCUT2D eigenvalue weighted by molar-refractivity contribution is 7.98. The van der Waals surface area contributed by atoms with Crippen molar-refractivity contribution < 1.29 is 4.74 Å². The third-order valence-electron chi connectivity index (χ3n) is 3.63. The highest BCUT2D eigenvalue weighted by Gasteiger charge is 2.04. The number of hydrogen-bond acceptors (Lipinski definition) is 5. The van der Waals surface area contributed by atoms with Crippen molar-refractivity contribution in [2.75, 3.05) is 11.9 Å². The Morgan fingerprint density at radius 1 is 1.12 bits per heavy atom. The van der Waals surface area contributed by atoms with Crippen LogP contribution >= 0.6 is 11.8 Å². The molecule has 0 unspecified atom stereocenters. The zero-order chi connectivity index (χ0) is 18.4. The molecule has 134 valence electrons. The Balaban J connectivity index is 1.68. The predicted molar refractivity (Wildman–Crippen MR) is 106 cm³/mol. The molecule has 0 fully saturated rings. The van der Waals surface area contributed by atoms with Gasteiger partial charge in [0.1, 0.15) is 5.75 Å². The summed E-state index contributed by atoms with van der Waals surface area (Å²) >= 11 is 1.65. The SMILES string of the molecule is CCOc1ccc(Nc2nc(CSc3ccc(C)cc3)cc(=O)[nH]2)cc1. The summed E-state index contributed by atoms with van der Waals surface area (Å²) in [5.41, 5.74) is 2.62. The maximum atomic E-state index is 11.9. The lowest BCUT2D eigenvalue weighted by Gasteiger charge is -2.08. The van der Waals surface area contributed by atoms with Crippen molar-refractivity contribution in [3.05, 3.63) is 76.2 Å². The first-order valence-electron chi connectivity index (χ1n) is 8.42. The van der Waals surface area contributed by atoms with Crippen LogP contribution in [0.5, 0.6) is 5.75 Å². The zero-order valence-corrected chi connectivity index (χ0v) is 15.6. The average Bonchev–Trinajstić information content (AvgIpc) is 2.63. The number of H-pyrrole nitrogens is 1. The molecule has 26 heavy (non-hydrogen) atoms. The van der Waals surface area contributed by atoms with Crippen LogP contribution in [0, 0.1) is 6.92 Å². The topological polar surface area (TPSA) is 67.0 Å². The van der Waals surface area contributed by atoms with Crippen molar-refractivity contribution in [3.63, 3.8) is 0 Å². The van der Waals surface area contributed by atoms with Gasteiger partial charge >= 0.3 is 0 Å². The largest absolute Gasteiger partial charge is 0.494 e. The van der Waals surface area contributed by atoms with E-state index in [2.05, 4.69) is 46.5 Å². The van der Waals surface area contributed by atoms with E-state index in [1.165, 1.54) is 11.6 Å². The second-order valence-corrected chi connectivity index (χ2v) is 6.82. The van der Waals surface area contributed by atoms with Crippen LogP contribution in [-0.2, 0) is 5.75 Å². The third kappa shape index (κ3) is 5.13. The molecule has 0 atom stereocenters. The number of benzene rings is 2. The smallest absolute Gasteiger partial charge is 0.252 e. The van der Waals surface area contributed by atoms with Gasteiger partial charge in [-0.3, -0.25) is 9.78 Å². The van der Waals surface area contributed by atoms with Crippen LogP contribution in [0.4, 0.5) is 11.6 Å². The molecule has 0 radical (unpaired) electrons. The molecule has 0 spiro atoms. The molecular formula is C20H21N3O2S. The number of aromatic nitrogens is 2. The fraction of sp³-hybridized carbons (Fsp3) is 0.200. The van der Waals surface area contributed by atoms with E-state index in [0.29, 0.717) is 18.3 Å². The number of rotatable bonds is 7. The van der Waals surface area contributed by atoms with Gasteiger partial charge in [-0.05, 0) is 50.2 Å². The lowest BCUT2D eigenvalue weighted by atomic mass is 10.2. The van der Waals surface area contributed by atoms with E-state index in [0.717, 1.165) is 22.0 Å². The Bertz CT molecular complexity index is 906. The van der Waals surface area contributed by atoms with Crippen LogP contribution in [-0.4, -0.2) is 16.6 Å². The number of nitrogens with zero attached hydrogens (tertiary/aromatic N) is 1. The molecule has 0 saturated heterocycles. The summed E-state index contributed by atoms with van der Waals surface area (Å²) in [6.07, 6.45) is 0. The lowest BCUT2D eigenvalue weighted by molar-refractivity contribution is 0.340. The number of aryl methyl sites for hydroxylation is 1. The first-order chi connectivity index (χ1) is 12.6. The number of nitrogens with one attached hydrogen (secondary N) is 2. The summed E-state index contributed by atoms with van der Waals surface area (Å²) in [7, 11) is 0. The quantitative estimate of drug-likeness (QED) is 0.601. The monoisotopic (exact) mass is 367 g/mol. The Labute approximate surface area is 156 Å². The highest BCUT2D eigenvalue weighted by atomic mass is 32.2. The summed E-state index contributed by atoms with van der Waals surface area (Å²) in [4.78, 5) is 20.3. The summed E-state index contributed by atoms with van der Waals surface area (Å²) in [6.45, 7) is 4.63. The van der Waals surface area contributed by atoms with Crippen molar-refractivity contribution in [3.8, 4) is 5.75 Å². The van der Waals surface area contributed by atoms with Gasteiger partial charge in [0, 0.05) is 22.4 Å². The molecule has 3 rings (SSSR count). The molecule has 2 N–H and O–H groups in total.